The largest absolute Gasteiger partial charge is 0.470 e. The molecular weight excluding hydrogens is 516 g/mol. The predicted molar refractivity (Wildman–Crippen MR) is 123 cm³/mol. The molecule has 0 saturated carbocycles. The summed E-state index contributed by atoms with van der Waals surface area (Å²) >= 11 is 9.31. The quantitative estimate of drug-likeness (QED) is 0.355. The van der Waals surface area contributed by atoms with Crippen LogP contribution in [-0.4, -0.2) is 31.4 Å². The van der Waals surface area contributed by atoms with Gasteiger partial charge in [-0.25, -0.2) is 4.68 Å². The highest BCUT2D eigenvalue weighted by molar-refractivity contribution is 9.10. The van der Waals surface area contributed by atoms with Crippen LogP contribution in [0.3, 0.4) is 0 Å². The third kappa shape index (κ3) is 5.62. The van der Waals surface area contributed by atoms with E-state index in [-0.39, 0.29) is 30.4 Å². The zero-order valence-corrected chi connectivity index (χ0v) is 19.6. The molecule has 0 fully saturated rings. The lowest BCUT2D eigenvalue weighted by Crippen LogP contribution is -2.25. The highest BCUT2D eigenvalue weighted by atomic mass is 79.9. The number of nitrogens with zero attached hydrogens (tertiary/aromatic N) is 4. The molecular formula is C21H18BrClN6O4. The van der Waals surface area contributed by atoms with Gasteiger partial charge in [-0.3, -0.25) is 14.3 Å². The first kappa shape index (κ1) is 22.6. The van der Waals surface area contributed by atoms with Crippen molar-refractivity contribution >= 4 is 45.0 Å². The number of rotatable bonds is 8. The van der Waals surface area contributed by atoms with Gasteiger partial charge < -0.3 is 19.8 Å². The summed E-state index contributed by atoms with van der Waals surface area (Å²) in [6, 6.07) is 10.2. The van der Waals surface area contributed by atoms with Crippen molar-refractivity contribution in [3.05, 3.63) is 81.7 Å². The summed E-state index contributed by atoms with van der Waals surface area (Å²) in [7, 11) is 1.65. The molecule has 0 aliphatic rings. The number of furan rings is 1. The zero-order chi connectivity index (χ0) is 23.4. The number of aromatic nitrogens is 4. The van der Waals surface area contributed by atoms with Gasteiger partial charge in [-0.15, -0.1) is 0 Å². The van der Waals surface area contributed by atoms with Gasteiger partial charge in [0.1, 0.15) is 11.5 Å². The molecule has 2 N–H and O–H groups in total. The summed E-state index contributed by atoms with van der Waals surface area (Å²) in [6.45, 7) is 0.283. The number of aryl methyl sites for hydroxylation is 1. The number of benzene rings is 1. The van der Waals surface area contributed by atoms with Gasteiger partial charge >= 0.3 is 0 Å². The Morgan fingerprint density at radius 2 is 2.06 bits per heavy atom. The van der Waals surface area contributed by atoms with Crippen LogP contribution < -0.4 is 15.4 Å². The van der Waals surface area contributed by atoms with E-state index in [9.17, 15) is 9.59 Å². The van der Waals surface area contributed by atoms with Crippen molar-refractivity contribution in [1.29, 1.82) is 0 Å². The monoisotopic (exact) mass is 532 g/mol. The van der Waals surface area contributed by atoms with Crippen molar-refractivity contribution in [3.63, 3.8) is 0 Å². The van der Waals surface area contributed by atoms with Gasteiger partial charge in [0.15, 0.2) is 18.1 Å². The van der Waals surface area contributed by atoms with E-state index in [4.69, 9.17) is 20.8 Å². The maximum absolute atomic E-state index is 12.7. The topological polar surface area (TPSA) is 116 Å². The van der Waals surface area contributed by atoms with E-state index in [1.54, 1.807) is 49.6 Å². The number of carbonyl (C=O) groups excluding carboxylic acids is 2. The van der Waals surface area contributed by atoms with Crippen molar-refractivity contribution in [2.24, 2.45) is 7.05 Å². The summed E-state index contributed by atoms with van der Waals surface area (Å²) in [5, 5.41) is 14.3. The summed E-state index contributed by atoms with van der Waals surface area (Å²) in [5.41, 5.74) is 0.489. The smallest absolute Gasteiger partial charge is 0.276 e. The van der Waals surface area contributed by atoms with Gasteiger partial charge in [0.05, 0.1) is 23.0 Å². The molecule has 33 heavy (non-hydrogen) atoms. The molecule has 4 rings (SSSR count). The Morgan fingerprint density at radius 3 is 2.82 bits per heavy atom. The number of carbonyl (C=O) groups is 2. The van der Waals surface area contributed by atoms with Gasteiger partial charge in [0, 0.05) is 24.5 Å². The Bertz CT molecular complexity index is 1280. The van der Waals surface area contributed by atoms with E-state index in [2.05, 4.69) is 36.8 Å². The summed E-state index contributed by atoms with van der Waals surface area (Å²) < 4.78 is 14.5. The van der Waals surface area contributed by atoms with Gasteiger partial charge in [-0.2, -0.15) is 10.2 Å². The minimum absolute atomic E-state index is 0.0766. The average molecular weight is 534 g/mol. The van der Waals surface area contributed by atoms with E-state index in [1.807, 2.05) is 0 Å². The second kappa shape index (κ2) is 9.92. The standard InChI is InChI=1S/C21H18BrClN6O4/c1-28-11-17(19(27-28)21(31)24-10-14-3-2-8-32-14)25-20(30)16-6-7-29(26-16)12-33-18-5-4-13(23)9-15(18)22/h2-9,11H,10,12H2,1H3,(H,24,31)(H,25,30). The highest BCUT2D eigenvalue weighted by Gasteiger charge is 2.20. The van der Waals surface area contributed by atoms with Crippen LogP contribution in [0.4, 0.5) is 5.69 Å². The maximum atomic E-state index is 12.7. The molecule has 0 atom stereocenters. The Kier molecular flexibility index (Phi) is 6.80. The number of hydrogen-bond acceptors (Lipinski definition) is 6. The minimum atomic E-state index is -0.491. The van der Waals surface area contributed by atoms with E-state index in [1.165, 1.54) is 21.8 Å². The first-order valence-corrected chi connectivity index (χ1v) is 10.8. The lowest BCUT2D eigenvalue weighted by molar-refractivity contribution is 0.0943. The molecule has 3 heterocycles. The number of halogens is 2. The molecule has 4 aromatic rings. The van der Waals surface area contributed by atoms with Crippen LogP contribution >= 0.6 is 27.5 Å². The molecule has 0 spiro atoms. The highest BCUT2D eigenvalue weighted by Crippen LogP contribution is 2.28. The fourth-order valence-electron chi connectivity index (χ4n) is 2.88. The molecule has 0 saturated heterocycles. The number of hydrogen-bond donors (Lipinski definition) is 2. The molecule has 0 aliphatic carbocycles. The molecule has 0 unspecified atom stereocenters. The van der Waals surface area contributed by atoms with Crippen molar-refractivity contribution in [3.8, 4) is 5.75 Å². The van der Waals surface area contributed by atoms with Gasteiger partial charge in [-0.1, -0.05) is 11.6 Å². The van der Waals surface area contributed by atoms with E-state index in [0.717, 1.165) is 0 Å². The van der Waals surface area contributed by atoms with E-state index in [0.29, 0.717) is 21.0 Å². The molecule has 170 valence electrons. The molecule has 3 aromatic heterocycles. The minimum Gasteiger partial charge on any atom is -0.470 e. The number of ether oxygens (including phenoxy) is 1. The second-order valence-electron chi connectivity index (χ2n) is 6.87. The fourth-order valence-corrected chi connectivity index (χ4v) is 3.68. The lowest BCUT2D eigenvalue weighted by atomic mass is 10.3. The molecule has 10 nitrogen and oxygen atoms in total. The van der Waals surface area contributed by atoms with Crippen molar-refractivity contribution in [2.75, 3.05) is 5.32 Å². The average Bonchev–Trinajstić information content (AvgIpc) is 3.53. The Hall–Kier alpha value is -3.57. The normalized spacial score (nSPS) is 10.8. The lowest BCUT2D eigenvalue weighted by Gasteiger charge is -2.08. The third-order valence-corrected chi connectivity index (χ3v) is 5.27. The van der Waals surface area contributed by atoms with Crippen molar-refractivity contribution in [2.45, 2.75) is 13.3 Å². The number of anilines is 1. The number of nitrogens with one attached hydrogen (secondary N) is 2. The van der Waals surface area contributed by atoms with Gasteiger partial charge in [0.2, 0.25) is 0 Å². The van der Waals surface area contributed by atoms with Gasteiger partial charge in [0.25, 0.3) is 11.8 Å². The zero-order valence-electron chi connectivity index (χ0n) is 17.3. The predicted octanol–water partition coefficient (Wildman–Crippen LogP) is 3.84. The van der Waals surface area contributed by atoms with Gasteiger partial charge in [-0.05, 0) is 52.3 Å². The van der Waals surface area contributed by atoms with Crippen LogP contribution in [0.25, 0.3) is 0 Å². The van der Waals surface area contributed by atoms with Crippen LogP contribution in [-0.2, 0) is 20.3 Å². The van der Waals surface area contributed by atoms with Crippen LogP contribution in [0, 0.1) is 0 Å². The number of amides is 2. The molecule has 0 radical (unpaired) electrons. The van der Waals surface area contributed by atoms with Crippen LogP contribution in [0.15, 0.2) is 63.9 Å². The fraction of sp³-hybridized carbons (Fsp3) is 0.143. The maximum Gasteiger partial charge on any atom is 0.276 e. The van der Waals surface area contributed by atoms with Crippen LogP contribution in [0.1, 0.15) is 26.7 Å². The van der Waals surface area contributed by atoms with Crippen LogP contribution in [0.2, 0.25) is 5.02 Å². The SMILES string of the molecule is Cn1cc(NC(=O)c2ccn(COc3ccc(Cl)cc3Br)n2)c(C(=O)NCc2ccco2)n1. The Labute approximate surface area is 201 Å². The molecule has 12 heteroatoms. The van der Waals surface area contributed by atoms with E-state index >= 15 is 0 Å². The van der Waals surface area contributed by atoms with E-state index < -0.39 is 11.8 Å². The molecule has 2 amide bonds. The van der Waals surface area contributed by atoms with Crippen LogP contribution in [0.5, 0.6) is 5.75 Å². The first-order valence-electron chi connectivity index (χ1n) is 9.66. The molecule has 0 aliphatic heterocycles. The third-order valence-electron chi connectivity index (χ3n) is 4.41. The summed E-state index contributed by atoms with van der Waals surface area (Å²) in [5.74, 6) is 0.244. The summed E-state index contributed by atoms with van der Waals surface area (Å²) in [6.07, 6.45) is 4.67. The summed E-state index contributed by atoms with van der Waals surface area (Å²) in [4.78, 5) is 25.2. The first-order chi connectivity index (χ1) is 15.9. The molecule has 1 aromatic carbocycles. The Morgan fingerprint density at radius 1 is 1.21 bits per heavy atom. The Balaban J connectivity index is 1.38. The van der Waals surface area contributed by atoms with Crippen molar-refractivity contribution < 1.29 is 18.7 Å². The van der Waals surface area contributed by atoms with Crippen molar-refractivity contribution in [1.82, 2.24) is 24.9 Å². The second-order valence-corrected chi connectivity index (χ2v) is 8.16. The molecule has 0 bridgehead atoms.